The molecule has 0 fully saturated rings. The van der Waals surface area contributed by atoms with Gasteiger partial charge in [0.05, 0.1) is 51.3 Å². The molecule has 3 unspecified atom stereocenters. The zero-order valence-electron chi connectivity index (χ0n) is 48.5. The predicted molar refractivity (Wildman–Crippen MR) is 307 cm³/mol. The summed E-state index contributed by atoms with van der Waals surface area (Å²) >= 11 is 0. The van der Waals surface area contributed by atoms with E-state index in [-0.39, 0.29) is 89.1 Å². The van der Waals surface area contributed by atoms with Crippen molar-refractivity contribution in [1.82, 2.24) is 0 Å². The second-order valence-corrected chi connectivity index (χ2v) is 20.9. The number of rotatable bonds is 59. The molecule has 0 saturated carbocycles. The van der Waals surface area contributed by atoms with Gasteiger partial charge in [0.15, 0.2) is 0 Å². The van der Waals surface area contributed by atoms with Crippen molar-refractivity contribution in [1.29, 1.82) is 0 Å². The van der Waals surface area contributed by atoms with Gasteiger partial charge in [0.1, 0.15) is 25.9 Å². The van der Waals surface area contributed by atoms with Crippen LogP contribution in [0, 0.1) is 0 Å². The van der Waals surface area contributed by atoms with Crippen LogP contribution in [0.5, 0.6) is 0 Å². The van der Waals surface area contributed by atoms with Crippen LogP contribution in [-0.4, -0.2) is 110 Å². The Balaban J connectivity index is 4.40. The van der Waals surface area contributed by atoms with Crippen molar-refractivity contribution < 1.29 is 58.1 Å². The summed E-state index contributed by atoms with van der Waals surface area (Å²) in [6.45, 7) is 7.98. The Labute approximate surface area is 459 Å². The lowest BCUT2D eigenvalue weighted by molar-refractivity contribution is -0.150. The molecule has 0 aromatic heterocycles. The summed E-state index contributed by atoms with van der Waals surface area (Å²) in [5, 5.41) is 30.3. The Hall–Kier alpha value is -2.61. The normalized spacial score (nSPS) is 13.5. The minimum absolute atomic E-state index is 0.118. The molecule has 0 amide bonds. The number of allylic oxidation sites excluding steroid dienone is 3. The molecule has 0 aliphatic rings. The Morgan fingerprint density at radius 1 is 0.347 bits per heavy atom. The van der Waals surface area contributed by atoms with Gasteiger partial charge in [-0.05, 0) is 96.3 Å². The molecular formula is C63H116O12. The Morgan fingerprint density at radius 3 is 0.973 bits per heavy atom. The summed E-state index contributed by atoms with van der Waals surface area (Å²) in [6, 6.07) is 0. The molecule has 0 aliphatic carbocycles. The monoisotopic (exact) mass is 1060 g/mol. The van der Waals surface area contributed by atoms with Crippen molar-refractivity contribution >= 4 is 17.9 Å². The van der Waals surface area contributed by atoms with E-state index in [1.54, 1.807) is 0 Å². The lowest BCUT2D eigenvalue weighted by Gasteiger charge is -2.18. The molecule has 0 saturated heterocycles. The van der Waals surface area contributed by atoms with E-state index in [2.05, 4.69) is 57.2 Å². The van der Waals surface area contributed by atoms with Gasteiger partial charge in [-0.1, -0.05) is 192 Å². The number of ether oxygens (including phenoxy) is 6. The number of aliphatic hydroxyl groups excluding tert-OH is 3. The minimum Gasteiger partial charge on any atom is -0.463 e. The lowest BCUT2D eigenvalue weighted by Crippen LogP contribution is -2.29. The van der Waals surface area contributed by atoms with Crippen LogP contribution < -0.4 is 0 Å². The SMILES string of the molecule is CCCCCCC(O)CC=CCCCCCCCC(=O)OCCOCC(COCCOC(=O)CCCCCCCC=CCC(O)CCCCCC)OCCOC(=O)CCCCCCCC=CCC(O)CCCCCC. The van der Waals surface area contributed by atoms with Gasteiger partial charge < -0.3 is 43.7 Å². The van der Waals surface area contributed by atoms with E-state index >= 15 is 0 Å². The fourth-order valence-electron chi connectivity index (χ4n) is 8.66. The Morgan fingerprint density at radius 2 is 0.640 bits per heavy atom. The summed E-state index contributed by atoms with van der Waals surface area (Å²) in [5.74, 6) is -0.701. The zero-order chi connectivity index (χ0) is 54.8. The van der Waals surface area contributed by atoms with E-state index in [1.807, 2.05) is 0 Å². The summed E-state index contributed by atoms with van der Waals surface area (Å²) in [6.07, 6.45) is 50.3. The van der Waals surface area contributed by atoms with Crippen LogP contribution in [0.4, 0.5) is 0 Å². The van der Waals surface area contributed by atoms with Crippen molar-refractivity contribution in [3.63, 3.8) is 0 Å². The summed E-state index contributed by atoms with van der Waals surface area (Å²) in [7, 11) is 0. The van der Waals surface area contributed by atoms with Gasteiger partial charge in [-0.3, -0.25) is 14.4 Å². The largest absolute Gasteiger partial charge is 0.463 e. The highest BCUT2D eigenvalue weighted by Crippen LogP contribution is 2.15. The standard InChI is InChI=1S/C63H116O12/c1-4-7-10-31-40-57(64)43-34-25-19-13-16-22-28-37-46-61(67)73-51-49-70-55-60(72-53-54-75-63(69)48-39-30-24-18-15-21-27-36-45-59(66)42-33-12-9-6-3)56-71-50-52-74-62(68)47-38-29-23-17-14-20-26-35-44-58(65)41-32-11-8-5-2/h25-27,34-36,57-60,64-66H,4-24,28-33,37-56H2,1-3H3. The second-order valence-electron chi connectivity index (χ2n) is 20.9. The average molecular weight is 1070 g/mol. The number of hydrogen-bond donors (Lipinski definition) is 3. The number of carbonyl (C=O) groups is 3. The number of aliphatic hydroxyl groups is 3. The van der Waals surface area contributed by atoms with Gasteiger partial charge in [-0.15, -0.1) is 0 Å². The van der Waals surface area contributed by atoms with E-state index in [1.165, 1.54) is 57.8 Å². The zero-order valence-corrected chi connectivity index (χ0v) is 48.5. The maximum absolute atomic E-state index is 12.4. The van der Waals surface area contributed by atoms with Crippen molar-refractivity contribution in [2.45, 2.75) is 296 Å². The summed E-state index contributed by atoms with van der Waals surface area (Å²) in [5.41, 5.74) is 0. The second kappa shape index (κ2) is 59.1. The first-order chi connectivity index (χ1) is 36.7. The van der Waals surface area contributed by atoms with Crippen LogP contribution in [0.2, 0.25) is 0 Å². The molecule has 0 heterocycles. The summed E-state index contributed by atoms with van der Waals surface area (Å²) in [4.78, 5) is 37.1. The van der Waals surface area contributed by atoms with Crippen molar-refractivity contribution in [2.75, 3.05) is 52.9 Å². The molecule has 440 valence electrons. The minimum atomic E-state index is -0.463. The molecular weight excluding hydrogens is 949 g/mol. The third kappa shape index (κ3) is 57.4. The van der Waals surface area contributed by atoms with Gasteiger partial charge in [-0.25, -0.2) is 0 Å². The molecule has 0 spiro atoms. The molecule has 0 aliphatic heterocycles. The van der Waals surface area contributed by atoms with Crippen molar-refractivity contribution in [3.05, 3.63) is 36.5 Å². The van der Waals surface area contributed by atoms with Crippen molar-refractivity contribution in [2.24, 2.45) is 0 Å². The molecule has 12 nitrogen and oxygen atoms in total. The molecule has 0 bridgehead atoms. The van der Waals surface area contributed by atoms with E-state index in [9.17, 15) is 29.7 Å². The summed E-state index contributed by atoms with van der Waals surface area (Å²) < 4.78 is 33.8. The van der Waals surface area contributed by atoms with Gasteiger partial charge in [0.2, 0.25) is 0 Å². The van der Waals surface area contributed by atoms with Gasteiger partial charge >= 0.3 is 17.9 Å². The van der Waals surface area contributed by atoms with Crippen LogP contribution in [0.1, 0.15) is 271 Å². The number of carbonyl (C=O) groups excluding carboxylic acids is 3. The number of unbranched alkanes of at least 4 members (excludes halogenated alkanes) is 24. The fourth-order valence-corrected chi connectivity index (χ4v) is 8.66. The average Bonchev–Trinajstić information content (AvgIpc) is 3.40. The van der Waals surface area contributed by atoms with E-state index in [0.717, 1.165) is 173 Å². The van der Waals surface area contributed by atoms with Crippen LogP contribution in [0.25, 0.3) is 0 Å². The Bertz CT molecular complexity index is 1250. The molecule has 75 heavy (non-hydrogen) atoms. The quantitative estimate of drug-likeness (QED) is 0.0229. The van der Waals surface area contributed by atoms with Gasteiger partial charge in [-0.2, -0.15) is 0 Å². The van der Waals surface area contributed by atoms with E-state index in [0.29, 0.717) is 19.3 Å². The predicted octanol–water partition coefficient (Wildman–Crippen LogP) is 15.1. The first-order valence-corrected chi connectivity index (χ1v) is 30.9. The lowest BCUT2D eigenvalue weighted by atomic mass is 10.1. The molecule has 3 atom stereocenters. The third-order valence-corrected chi connectivity index (χ3v) is 13.4. The Kier molecular flexibility index (Phi) is 57.0. The topological polar surface area (TPSA) is 167 Å². The molecule has 0 radical (unpaired) electrons. The van der Waals surface area contributed by atoms with Gasteiger partial charge in [0, 0.05) is 19.3 Å². The van der Waals surface area contributed by atoms with Crippen LogP contribution in [0.15, 0.2) is 36.5 Å². The molecule has 0 rings (SSSR count). The van der Waals surface area contributed by atoms with Crippen LogP contribution in [-0.2, 0) is 42.8 Å². The first kappa shape index (κ1) is 72.4. The van der Waals surface area contributed by atoms with E-state index in [4.69, 9.17) is 28.4 Å². The maximum Gasteiger partial charge on any atom is 0.305 e. The van der Waals surface area contributed by atoms with Crippen LogP contribution >= 0.6 is 0 Å². The van der Waals surface area contributed by atoms with Crippen LogP contribution in [0.3, 0.4) is 0 Å². The fraction of sp³-hybridized carbons (Fsp3) is 0.857. The third-order valence-electron chi connectivity index (χ3n) is 13.4. The highest BCUT2D eigenvalue weighted by atomic mass is 16.6. The molecule has 3 N–H and O–H groups in total. The smallest absolute Gasteiger partial charge is 0.305 e. The number of hydrogen-bond acceptors (Lipinski definition) is 12. The molecule has 12 heteroatoms. The van der Waals surface area contributed by atoms with Gasteiger partial charge in [0.25, 0.3) is 0 Å². The van der Waals surface area contributed by atoms with E-state index < -0.39 is 6.10 Å². The highest BCUT2D eigenvalue weighted by molar-refractivity contribution is 5.69. The maximum atomic E-state index is 12.4. The highest BCUT2D eigenvalue weighted by Gasteiger charge is 2.13. The number of esters is 3. The molecule has 0 aromatic carbocycles. The first-order valence-electron chi connectivity index (χ1n) is 30.9. The molecule has 0 aromatic rings. The van der Waals surface area contributed by atoms with Crippen molar-refractivity contribution in [3.8, 4) is 0 Å².